The number of anilines is 2. The Hall–Kier alpha value is -1.91. The molecule has 0 saturated carbocycles. The highest BCUT2D eigenvalue weighted by Gasteiger charge is 2.19. The molecule has 108 valence electrons. The molecule has 2 heterocycles. The van der Waals surface area contributed by atoms with Crippen LogP contribution in [-0.2, 0) is 4.74 Å². The first-order chi connectivity index (χ1) is 9.74. The molecular formula is C13H20N6O. The summed E-state index contributed by atoms with van der Waals surface area (Å²) in [6.45, 7) is 6.40. The van der Waals surface area contributed by atoms with Crippen LogP contribution >= 0.6 is 0 Å². The molecule has 0 aliphatic carbocycles. The Bertz CT molecular complexity index is 480. The summed E-state index contributed by atoms with van der Waals surface area (Å²) in [6.07, 6.45) is 2.49. The lowest BCUT2D eigenvalue weighted by molar-refractivity contribution is 0.0184. The molecule has 0 spiro atoms. The van der Waals surface area contributed by atoms with Crippen molar-refractivity contribution in [2.75, 3.05) is 43.9 Å². The van der Waals surface area contributed by atoms with Crippen LogP contribution in [0.15, 0.2) is 6.20 Å². The fourth-order valence-electron chi connectivity index (χ4n) is 2.25. The fourth-order valence-corrected chi connectivity index (χ4v) is 2.25. The summed E-state index contributed by atoms with van der Waals surface area (Å²) >= 11 is 0. The zero-order valence-electron chi connectivity index (χ0n) is 11.7. The van der Waals surface area contributed by atoms with Crippen molar-refractivity contribution in [3.8, 4) is 6.07 Å². The van der Waals surface area contributed by atoms with Gasteiger partial charge in [0.05, 0.1) is 19.4 Å². The minimum atomic E-state index is 0.212. The summed E-state index contributed by atoms with van der Waals surface area (Å²) in [6, 6.07) is 2.37. The van der Waals surface area contributed by atoms with Crippen molar-refractivity contribution in [1.82, 2.24) is 14.9 Å². The van der Waals surface area contributed by atoms with E-state index in [0.717, 1.165) is 39.3 Å². The van der Waals surface area contributed by atoms with E-state index in [1.165, 1.54) is 6.20 Å². The average molecular weight is 276 g/mol. The molecule has 0 bridgehead atoms. The molecule has 2 rings (SSSR count). The number of rotatable bonds is 5. The number of aromatic nitrogens is 2. The second-order valence-electron chi connectivity index (χ2n) is 4.70. The van der Waals surface area contributed by atoms with Crippen LogP contribution in [0.1, 0.15) is 18.9 Å². The standard InChI is InChI=1S/C13H20N6O/c1-2-11(19-3-5-20-6-4-19)9-17-13-16-8-10(7-14)12(15)18-13/h8,11H,2-6,9H2,1H3,(H3,15,16,17,18). The van der Waals surface area contributed by atoms with Gasteiger partial charge < -0.3 is 15.8 Å². The average Bonchev–Trinajstić information content (AvgIpc) is 2.49. The molecule has 1 aromatic rings. The van der Waals surface area contributed by atoms with Crippen molar-refractivity contribution in [3.05, 3.63) is 11.8 Å². The van der Waals surface area contributed by atoms with Gasteiger partial charge in [-0.05, 0) is 6.42 Å². The summed E-state index contributed by atoms with van der Waals surface area (Å²) < 4.78 is 5.36. The minimum absolute atomic E-state index is 0.212. The van der Waals surface area contributed by atoms with Gasteiger partial charge in [-0.15, -0.1) is 0 Å². The molecule has 7 nitrogen and oxygen atoms in total. The van der Waals surface area contributed by atoms with Gasteiger partial charge in [0.25, 0.3) is 0 Å². The quantitative estimate of drug-likeness (QED) is 0.805. The van der Waals surface area contributed by atoms with Gasteiger partial charge in [0.15, 0.2) is 0 Å². The van der Waals surface area contributed by atoms with Crippen LogP contribution in [0.5, 0.6) is 0 Å². The van der Waals surface area contributed by atoms with E-state index in [1.807, 2.05) is 6.07 Å². The molecule has 1 atom stereocenters. The first-order valence-corrected chi connectivity index (χ1v) is 6.83. The molecule has 0 amide bonds. The summed E-state index contributed by atoms with van der Waals surface area (Å²) in [5.41, 5.74) is 5.97. The fraction of sp³-hybridized carbons (Fsp3) is 0.615. The van der Waals surface area contributed by atoms with E-state index < -0.39 is 0 Å². The number of nitriles is 1. The molecule has 1 aliphatic heterocycles. The summed E-state index contributed by atoms with van der Waals surface area (Å²) in [5.74, 6) is 0.678. The molecule has 3 N–H and O–H groups in total. The minimum Gasteiger partial charge on any atom is -0.382 e. The molecular weight excluding hydrogens is 256 g/mol. The van der Waals surface area contributed by atoms with E-state index in [4.69, 9.17) is 15.7 Å². The van der Waals surface area contributed by atoms with Crippen LogP contribution < -0.4 is 11.1 Å². The molecule has 20 heavy (non-hydrogen) atoms. The van der Waals surface area contributed by atoms with Crippen molar-refractivity contribution in [2.45, 2.75) is 19.4 Å². The third-order valence-corrected chi connectivity index (χ3v) is 3.47. The van der Waals surface area contributed by atoms with Crippen LogP contribution in [0.25, 0.3) is 0 Å². The Morgan fingerprint density at radius 2 is 2.30 bits per heavy atom. The maximum Gasteiger partial charge on any atom is 0.224 e. The number of hydrogen-bond donors (Lipinski definition) is 2. The Morgan fingerprint density at radius 1 is 1.55 bits per heavy atom. The van der Waals surface area contributed by atoms with Crippen LogP contribution in [-0.4, -0.2) is 53.8 Å². The zero-order chi connectivity index (χ0) is 14.4. The van der Waals surface area contributed by atoms with E-state index in [2.05, 4.69) is 27.1 Å². The Morgan fingerprint density at radius 3 is 2.90 bits per heavy atom. The number of nitrogens with one attached hydrogen (secondary N) is 1. The molecule has 1 fully saturated rings. The van der Waals surface area contributed by atoms with E-state index in [1.54, 1.807) is 0 Å². The van der Waals surface area contributed by atoms with Crippen molar-refractivity contribution >= 4 is 11.8 Å². The molecule has 1 unspecified atom stereocenters. The normalized spacial score (nSPS) is 17.4. The highest BCUT2D eigenvalue weighted by atomic mass is 16.5. The molecule has 0 aromatic carbocycles. The van der Waals surface area contributed by atoms with Crippen molar-refractivity contribution in [1.29, 1.82) is 5.26 Å². The number of nitrogens with zero attached hydrogens (tertiary/aromatic N) is 4. The maximum absolute atomic E-state index is 8.79. The topological polar surface area (TPSA) is 100 Å². The first kappa shape index (κ1) is 14.5. The number of nitrogens with two attached hydrogens (primary N) is 1. The lowest BCUT2D eigenvalue weighted by Gasteiger charge is -2.34. The predicted octanol–water partition coefficient (Wildman–Crippen LogP) is 0.453. The molecule has 1 aliphatic rings. The van der Waals surface area contributed by atoms with Gasteiger partial charge in [0, 0.05) is 25.7 Å². The number of morpholine rings is 1. The van der Waals surface area contributed by atoms with Gasteiger partial charge in [-0.25, -0.2) is 4.98 Å². The van der Waals surface area contributed by atoms with E-state index in [9.17, 15) is 0 Å². The lowest BCUT2D eigenvalue weighted by Crippen LogP contribution is -2.46. The first-order valence-electron chi connectivity index (χ1n) is 6.83. The van der Waals surface area contributed by atoms with E-state index in [-0.39, 0.29) is 5.82 Å². The van der Waals surface area contributed by atoms with Crippen LogP contribution in [0, 0.1) is 11.3 Å². The largest absolute Gasteiger partial charge is 0.382 e. The van der Waals surface area contributed by atoms with Crippen molar-refractivity contribution in [3.63, 3.8) is 0 Å². The SMILES string of the molecule is CCC(CNc1ncc(C#N)c(N)n1)N1CCOCC1. The highest BCUT2D eigenvalue weighted by molar-refractivity contribution is 5.49. The second kappa shape index (κ2) is 7.03. The van der Waals surface area contributed by atoms with E-state index >= 15 is 0 Å². The number of hydrogen-bond acceptors (Lipinski definition) is 7. The van der Waals surface area contributed by atoms with Gasteiger partial charge in [-0.1, -0.05) is 6.92 Å². The van der Waals surface area contributed by atoms with Gasteiger partial charge in [-0.3, -0.25) is 4.90 Å². The lowest BCUT2D eigenvalue weighted by atomic mass is 10.2. The Balaban J connectivity index is 1.92. The molecule has 1 saturated heterocycles. The smallest absolute Gasteiger partial charge is 0.224 e. The highest BCUT2D eigenvalue weighted by Crippen LogP contribution is 2.11. The van der Waals surface area contributed by atoms with Crippen molar-refractivity contribution in [2.24, 2.45) is 0 Å². The third kappa shape index (κ3) is 3.56. The van der Waals surface area contributed by atoms with Gasteiger partial charge >= 0.3 is 0 Å². The number of nitrogen functional groups attached to an aromatic ring is 1. The van der Waals surface area contributed by atoms with Gasteiger partial charge in [0.2, 0.25) is 5.95 Å². The van der Waals surface area contributed by atoms with Gasteiger partial charge in [-0.2, -0.15) is 10.2 Å². The third-order valence-electron chi connectivity index (χ3n) is 3.47. The Kier molecular flexibility index (Phi) is 5.09. The predicted molar refractivity (Wildman–Crippen MR) is 76.1 cm³/mol. The Labute approximate surface area is 118 Å². The molecule has 1 aromatic heterocycles. The summed E-state index contributed by atoms with van der Waals surface area (Å²) in [4.78, 5) is 10.6. The zero-order valence-corrected chi connectivity index (χ0v) is 11.7. The maximum atomic E-state index is 8.79. The second-order valence-corrected chi connectivity index (χ2v) is 4.70. The van der Waals surface area contributed by atoms with Crippen molar-refractivity contribution < 1.29 is 4.74 Å². The van der Waals surface area contributed by atoms with Crippen LogP contribution in [0.2, 0.25) is 0 Å². The van der Waals surface area contributed by atoms with Gasteiger partial charge in [0.1, 0.15) is 17.5 Å². The monoisotopic (exact) mass is 276 g/mol. The van der Waals surface area contributed by atoms with Crippen LogP contribution in [0.4, 0.5) is 11.8 Å². The summed E-state index contributed by atoms with van der Waals surface area (Å²) in [5, 5.41) is 12.0. The summed E-state index contributed by atoms with van der Waals surface area (Å²) in [7, 11) is 0. The van der Waals surface area contributed by atoms with Crippen LogP contribution in [0.3, 0.4) is 0 Å². The molecule has 7 heteroatoms. The van der Waals surface area contributed by atoms with E-state index in [0.29, 0.717) is 17.6 Å². The number of ether oxygens (including phenoxy) is 1. The molecule has 0 radical (unpaired) electrons.